The van der Waals surface area contributed by atoms with Crippen LogP contribution in [0.3, 0.4) is 0 Å². The first-order chi connectivity index (χ1) is 9.04. The zero-order valence-corrected chi connectivity index (χ0v) is 10.1. The highest BCUT2D eigenvalue weighted by molar-refractivity contribution is 6.58. The molecule has 100 valence electrons. The van der Waals surface area contributed by atoms with Crippen LogP contribution < -0.4 is 5.46 Å². The molecule has 0 aliphatic heterocycles. The van der Waals surface area contributed by atoms with Crippen LogP contribution in [-0.2, 0) is 14.3 Å². The van der Waals surface area contributed by atoms with E-state index in [1.165, 1.54) is 24.3 Å². The van der Waals surface area contributed by atoms with E-state index in [-0.39, 0.29) is 24.2 Å². The maximum atomic E-state index is 11.6. The molecule has 0 fully saturated rings. The van der Waals surface area contributed by atoms with Crippen molar-refractivity contribution in [2.24, 2.45) is 0 Å². The fourth-order valence-corrected chi connectivity index (χ4v) is 1.25. The smallest absolute Gasteiger partial charge is 0.459 e. The molecule has 1 rings (SSSR count). The number of rotatable bonds is 6. The molecule has 0 unspecified atom stereocenters. The summed E-state index contributed by atoms with van der Waals surface area (Å²) < 4.78 is 9.47. The number of carbonyl (C=O) groups is 2. The lowest BCUT2D eigenvalue weighted by molar-refractivity contribution is -0.138. The first-order valence-electron chi connectivity index (χ1n) is 5.47. The van der Waals surface area contributed by atoms with Crippen molar-refractivity contribution in [2.45, 2.75) is 0 Å². The highest BCUT2D eigenvalue weighted by Crippen LogP contribution is 2.00. The quantitative estimate of drug-likeness (QED) is 0.304. The summed E-state index contributed by atoms with van der Waals surface area (Å²) >= 11 is 0. The summed E-state index contributed by atoms with van der Waals surface area (Å²) in [6, 6.07) is 5.75. The number of hydrogen-bond acceptors (Lipinski definition) is 6. The molecule has 2 N–H and O–H groups in total. The monoisotopic (exact) mass is 264 g/mol. The van der Waals surface area contributed by atoms with Crippen molar-refractivity contribution in [3.8, 4) is 0 Å². The van der Waals surface area contributed by atoms with Crippen molar-refractivity contribution in [2.75, 3.05) is 13.2 Å². The van der Waals surface area contributed by atoms with Crippen LogP contribution in [0, 0.1) is 0 Å². The molecule has 19 heavy (non-hydrogen) atoms. The standard InChI is InChI=1S/C12H13BO6/c1-2-11(14)18-6-7-19-12(15)9-4-3-5-10(8-9)13(16)17/h2-5,8,16-17H,1,6-7H2. The average molecular weight is 264 g/mol. The fraction of sp³-hybridized carbons (Fsp3) is 0.167. The average Bonchev–Trinajstić information content (AvgIpc) is 2.43. The second-order valence-electron chi connectivity index (χ2n) is 3.51. The zero-order valence-electron chi connectivity index (χ0n) is 10.1. The second-order valence-corrected chi connectivity index (χ2v) is 3.51. The normalized spacial score (nSPS) is 9.58. The lowest BCUT2D eigenvalue weighted by Gasteiger charge is -2.06. The topological polar surface area (TPSA) is 93.1 Å². The summed E-state index contributed by atoms with van der Waals surface area (Å²) in [5, 5.41) is 17.9. The Morgan fingerprint density at radius 1 is 1.26 bits per heavy atom. The molecule has 0 saturated heterocycles. The van der Waals surface area contributed by atoms with Crippen molar-refractivity contribution in [1.29, 1.82) is 0 Å². The van der Waals surface area contributed by atoms with Crippen molar-refractivity contribution < 1.29 is 29.1 Å². The third-order valence-corrected chi connectivity index (χ3v) is 2.15. The predicted molar refractivity (Wildman–Crippen MR) is 67.7 cm³/mol. The lowest BCUT2D eigenvalue weighted by atomic mass is 9.80. The Labute approximate surface area is 110 Å². The Hall–Kier alpha value is -2.12. The van der Waals surface area contributed by atoms with Crippen molar-refractivity contribution in [3.05, 3.63) is 42.5 Å². The summed E-state index contributed by atoms with van der Waals surface area (Å²) in [5.41, 5.74) is 0.369. The van der Waals surface area contributed by atoms with Gasteiger partial charge in [0.1, 0.15) is 13.2 Å². The van der Waals surface area contributed by atoms with Crippen molar-refractivity contribution >= 4 is 24.5 Å². The predicted octanol–water partition coefficient (Wildman–Crippen LogP) is -0.748. The number of esters is 2. The van der Waals surface area contributed by atoms with Gasteiger partial charge in [0.05, 0.1) is 5.56 Å². The Kier molecular flexibility index (Phi) is 5.78. The number of ether oxygens (including phenoxy) is 2. The van der Waals surface area contributed by atoms with Crippen LogP contribution in [-0.4, -0.2) is 42.3 Å². The summed E-state index contributed by atoms with van der Waals surface area (Å²) in [4.78, 5) is 22.3. The van der Waals surface area contributed by atoms with E-state index in [1.54, 1.807) is 0 Å². The van der Waals surface area contributed by atoms with Crippen LogP contribution >= 0.6 is 0 Å². The molecule has 0 spiro atoms. The molecule has 0 aromatic heterocycles. The van der Waals surface area contributed by atoms with Gasteiger partial charge in [0, 0.05) is 6.08 Å². The maximum absolute atomic E-state index is 11.6. The van der Waals surface area contributed by atoms with Gasteiger partial charge in [-0.2, -0.15) is 0 Å². The van der Waals surface area contributed by atoms with Crippen molar-refractivity contribution in [1.82, 2.24) is 0 Å². The Morgan fingerprint density at radius 3 is 2.58 bits per heavy atom. The number of hydrogen-bond donors (Lipinski definition) is 2. The minimum Gasteiger partial charge on any atom is -0.459 e. The molecular weight excluding hydrogens is 251 g/mol. The summed E-state index contributed by atoms with van der Waals surface area (Å²) in [6.45, 7) is 3.06. The van der Waals surface area contributed by atoms with Crippen LogP contribution in [0.25, 0.3) is 0 Å². The van der Waals surface area contributed by atoms with E-state index in [0.29, 0.717) is 0 Å². The van der Waals surface area contributed by atoms with Gasteiger partial charge in [0.15, 0.2) is 0 Å². The van der Waals surface area contributed by atoms with Gasteiger partial charge in [-0.15, -0.1) is 0 Å². The molecule has 0 heterocycles. The van der Waals surface area contributed by atoms with Crippen LogP contribution in [0.4, 0.5) is 0 Å². The molecule has 0 saturated carbocycles. The third kappa shape index (κ3) is 4.95. The molecule has 1 aromatic rings. The molecule has 0 aliphatic carbocycles. The molecule has 7 heteroatoms. The van der Waals surface area contributed by atoms with E-state index in [0.717, 1.165) is 6.08 Å². The summed E-state index contributed by atoms with van der Waals surface area (Å²) in [7, 11) is -1.65. The van der Waals surface area contributed by atoms with Gasteiger partial charge in [-0.3, -0.25) is 0 Å². The Morgan fingerprint density at radius 2 is 1.95 bits per heavy atom. The minimum absolute atomic E-state index is 0.0705. The van der Waals surface area contributed by atoms with E-state index in [1.807, 2.05) is 0 Å². The van der Waals surface area contributed by atoms with Crippen LogP contribution in [0.2, 0.25) is 0 Å². The first kappa shape index (κ1) is 14.9. The molecule has 0 radical (unpaired) electrons. The fourth-order valence-electron chi connectivity index (χ4n) is 1.25. The van der Waals surface area contributed by atoms with E-state index >= 15 is 0 Å². The van der Waals surface area contributed by atoms with Crippen LogP contribution in [0.5, 0.6) is 0 Å². The Balaban J connectivity index is 2.47. The second kappa shape index (κ2) is 7.35. The van der Waals surface area contributed by atoms with Gasteiger partial charge in [0.2, 0.25) is 0 Å². The van der Waals surface area contributed by atoms with Gasteiger partial charge in [-0.1, -0.05) is 18.7 Å². The molecule has 1 aromatic carbocycles. The first-order valence-corrected chi connectivity index (χ1v) is 5.47. The summed E-state index contributed by atoms with van der Waals surface area (Å²) in [5.74, 6) is -1.24. The Bertz CT molecular complexity index is 471. The SMILES string of the molecule is C=CC(=O)OCCOC(=O)c1cccc(B(O)O)c1. The van der Waals surface area contributed by atoms with Gasteiger partial charge in [-0.25, -0.2) is 9.59 Å². The molecule has 0 atom stereocenters. The number of carbonyl (C=O) groups excluding carboxylic acids is 2. The van der Waals surface area contributed by atoms with Gasteiger partial charge in [0.25, 0.3) is 0 Å². The molecule has 6 nitrogen and oxygen atoms in total. The lowest BCUT2D eigenvalue weighted by Crippen LogP contribution is -2.30. The van der Waals surface area contributed by atoms with Gasteiger partial charge >= 0.3 is 19.1 Å². The minimum atomic E-state index is -1.65. The molecule has 0 bridgehead atoms. The van der Waals surface area contributed by atoms with E-state index in [9.17, 15) is 9.59 Å². The van der Waals surface area contributed by atoms with Gasteiger partial charge < -0.3 is 19.5 Å². The third-order valence-electron chi connectivity index (χ3n) is 2.15. The van der Waals surface area contributed by atoms with Crippen LogP contribution in [0.1, 0.15) is 10.4 Å². The van der Waals surface area contributed by atoms with Crippen LogP contribution in [0.15, 0.2) is 36.9 Å². The van der Waals surface area contributed by atoms with Crippen molar-refractivity contribution in [3.63, 3.8) is 0 Å². The highest BCUT2D eigenvalue weighted by Gasteiger charge is 2.14. The van der Waals surface area contributed by atoms with E-state index in [2.05, 4.69) is 11.3 Å². The molecular formula is C12H13BO6. The van der Waals surface area contributed by atoms with Gasteiger partial charge in [-0.05, 0) is 17.6 Å². The van der Waals surface area contributed by atoms with E-state index < -0.39 is 19.1 Å². The number of benzene rings is 1. The molecule has 0 amide bonds. The zero-order chi connectivity index (χ0) is 14.3. The summed E-state index contributed by atoms with van der Waals surface area (Å²) in [6.07, 6.45) is 1.01. The highest BCUT2D eigenvalue weighted by atomic mass is 16.6. The largest absolute Gasteiger partial charge is 0.488 e. The van der Waals surface area contributed by atoms with E-state index in [4.69, 9.17) is 14.8 Å². The molecule has 0 aliphatic rings. The maximum Gasteiger partial charge on any atom is 0.488 e.